The highest BCUT2D eigenvalue weighted by Crippen LogP contribution is 2.32. The topological polar surface area (TPSA) is 47.0 Å². The molecule has 1 aliphatic rings. The Morgan fingerprint density at radius 1 is 1.44 bits per heavy atom. The largest absolute Gasteiger partial charge is 0.378 e. The van der Waals surface area contributed by atoms with Gasteiger partial charge in [0.2, 0.25) is 0 Å². The predicted octanol–water partition coefficient (Wildman–Crippen LogP) is 2.98. The number of aromatic nitrogens is 2. The van der Waals surface area contributed by atoms with Gasteiger partial charge in [0, 0.05) is 12.6 Å². The van der Waals surface area contributed by atoms with E-state index in [1.54, 1.807) is 17.7 Å². The van der Waals surface area contributed by atoms with E-state index in [0.29, 0.717) is 12.1 Å². The molecule has 0 spiro atoms. The quantitative estimate of drug-likeness (QED) is 0.921. The van der Waals surface area contributed by atoms with Crippen LogP contribution in [0.3, 0.4) is 0 Å². The van der Waals surface area contributed by atoms with Gasteiger partial charge in [0.1, 0.15) is 12.1 Å². The molecule has 4 nitrogen and oxygen atoms in total. The van der Waals surface area contributed by atoms with Crippen LogP contribution in [0.25, 0.3) is 10.2 Å². The Hall–Kier alpha value is -1.20. The van der Waals surface area contributed by atoms with Crippen LogP contribution in [0.1, 0.15) is 25.3 Å². The van der Waals surface area contributed by atoms with E-state index >= 15 is 0 Å². The molecule has 2 heterocycles. The molecule has 18 heavy (non-hydrogen) atoms. The smallest absolute Gasteiger partial charge is 0.147 e. The fraction of sp³-hybridized carbons (Fsp3) is 0.538. The molecule has 1 aliphatic carbocycles. The summed E-state index contributed by atoms with van der Waals surface area (Å²) in [6.07, 6.45) is 4.21. The molecule has 0 unspecified atom stereocenters. The number of nitrogens with one attached hydrogen (secondary N) is 1. The molecule has 0 amide bonds. The van der Waals surface area contributed by atoms with Crippen molar-refractivity contribution >= 4 is 27.4 Å². The highest BCUT2D eigenvalue weighted by Gasteiger charge is 2.30. The molecule has 3 rings (SSSR count). The second-order valence-corrected chi connectivity index (χ2v) is 5.59. The number of nitrogens with zero attached hydrogens (tertiary/aromatic N) is 2. The number of ether oxygens (including phenoxy) is 1. The van der Waals surface area contributed by atoms with Crippen molar-refractivity contribution < 1.29 is 4.74 Å². The van der Waals surface area contributed by atoms with Gasteiger partial charge in [0.05, 0.1) is 16.3 Å². The van der Waals surface area contributed by atoms with Gasteiger partial charge in [-0.25, -0.2) is 9.97 Å². The van der Waals surface area contributed by atoms with Gasteiger partial charge >= 0.3 is 0 Å². The first-order valence-corrected chi connectivity index (χ1v) is 7.22. The van der Waals surface area contributed by atoms with Crippen LogP contribution in [0.15, 0.2) is 11.7 Å². The maximum Gasteiger partial charge on any atom is 0.147 e. The molecule has 0 aromatic carbocycles. The van der Waals surface area contributed by atoms with Gasteiger partial charge in [0.25, 0.3) is 0 Å². The molecule has 1 N–H and O–H groups in total. The Labute approximate surface area is 110 Å². The maximum atomic E-state index is 5.57. The van der Waals surface area contributed by atoms with Gasteiger partial charge in [-0.05, 0) is 37.6 Å². The summed E-state index contributed by atoms with van der Waals surface area (Å²) in [6.45, 7) is 4.94. The number of hydrogen-bond donors (Lipinski definition) is 1. The van der Waals surface area contributed by atoms with Crippen LogP contribution in [0.2, 0.25) is 0 Å². The van der Waals surface area contributed by atoms with Gasteiger partial charge in [-0.15, -0.1) is 11.3 Å². The molecule has 1 fully saturated rings. The highest BCUT2D eigenvalue weighted by molar-refractivity contribution is 7.18. The predicted molar refractivity (Wildman–Crippen MR) is 74.2 cm³/mol. The lowest BCUT2D eigenvalue weighted by molar-refractivity contribution is 0.00295. The molecule has 1 saturated carbocycles. The minimum atomic E-state index is 0.426. The first kappa shape index (κ1) is 11.9. The van der Waals surface area contributed by atoms with Crippen molar-refractivity contribution in [2.45, 2.75) is 38.8 Å². The van der Waals surface area contributed by atoms with E-state index in [2.05, 4.69) is 27.6 Å². The molecule has 0 saturated heterocycles. The molecule has 0 aliphatic heterocycles. The summed E-state index contributed by atoms with van der Waals surface area (Å²) in [4.78, 5) is 8.69. The van der Waals surface area contributed by atoms with Crippen LogP contribution in [-0.2, 0) is 4.74 Å². The van der Waals surface area contributed by atoms with Gasteiger partial charge in [-0.1, -0.05) is 0 Å². The van der Waals surface area contributed by atoms with Crippen LogP contribution >= 0.6 is 11.3 Å². The van der Waals surface area contributed by atoms with Crippen molar-refractivity contribution in [3.63, 3.8) is 0 Å². The average Bonchev–Trinajstić information content (AvgIpc) is 2.70. The first-order valence-electron chi connectivity index (χ1n) is 6.35. The number of hydrogen-bond acceptors (Lipinski definition) is 5. The van der Waals surface area contributed by atoms with Crippen molar-refractivity contribution in [1.29, 1.82) is 0 Å². The third kappa shape index (κ3) is 2.08. The fourth-order valence-electron chi connectivity index (χ4n) is 2.32. The maximum absolute atomic E-state index is 5.57. The van der Waals surface area contributed by atoms with E-state index in [0.717, 1.165) is 35.5 Å². The molecule has 2 aromatic heterocycles. The summed E-state index contributed by atoms with van der Waals surface area (Å²) >= 11 is 1.71. The van der Waals surface area contributed by atoms with E-state index < -0.39 is 0 Å². The Kier molecular flexibility index (Phi) is 3.18. The van der Waals surface area contributed by atoms with E-state index in [1.165, 1.54) is 5.56 Å². The molecule has 96 valence electrons. The number of fused-ring (bicyclic) bond motifs is 1. The lowest BCUT2D eigenvalue weighted by Gasteiger charge is -2.35. The minimum Gasteiger partial charge on any atom is -0.378 e. The van der Waals surface area contributed by atoms with Gasteiger partial charge in [0.15, 0.2) is 0 Å². The highest BCUT2D eigenvalue weighted by atomic mass is 32.1. The Morgan fingerprint density at radius 2 is 2.28 bits per heavy atom. The lowest BCUT2D eigenvalue weighted by atomic mass is 9.89. The zero-order valence-electron chi connectivity index (χ0n) is 10.6. The summed E-state index contributed by atoms with van der Waals surface area (Å²) in [6, 6.07) is 0.488. The summed E-state index contributed by atoms with van der Waals surface area (Å²) in [5, 5.41) is 5.64. The Morgan fingerprint density at radius 3 is 3.06 bits per heavy atom. The first-order chi connectivity index (χ1) is 8.78. The van der Waals surface area contributed by atoms with Crippen LogP contribution < -0.4 is 5.32 Å². The SMILES string of the molecule is CCOC1CC(Nc2ncnc3c(C)csc23)C1. The van der Waals surface area contributed by atoms with Gasteiger partial charge < -0.3 is 10.1 Å². The van der Waals surface area contributed by atoms with Crippen molar-refractivity contribution in [3.8, 4) is 0 Å². The van der Waals surface area contributed by atoms with Crippen molar-refractivity contribution in [1.82, 2.24) is 9.97 Å². The van der Waals surface area contributed by atoms with Crippen molar-refractivity contribution in [2.24, 2.45) is 0 Å². The monoisotopic (exact) mass is 263 g/mol. The van der Waals surface area contributed by atoms with Crippen LogP contribution in [-0.4, -0.2) is 28.7 Å². The number of thiophene rings is 1. The summed E-state index contributed by atoms with van der Waals surface area (Å²) in [5.41, 5.74) is 2.29. The van der Waals surface area contributed by atoms with E-state index in [4.69, 9.17) is 4.74 Å². The molecular weight excluding hydrogens is 246 g/mol. The minimum absolute atomic E-state index is 0.426. The van der Waals surface area contributed by atoms with Crippen LogP contribution in [0.5, 0.6) is 0 Å². The normalized spacial score (nSPS) is 23.0. The molecule has 0 atom stereocenters. The number of aryl methyl sites for hydroxylation is 1. The van der Waals surface area contributed by atoms with E-state index in [-0.39, 0.29) is 0 Å². The van der Waals surface area contributed by atoms with E-state index in [1.807, 2.05) is 6.92 Å². The van der Waals surface area contributed by atoms with Crippen molar-refractivity contribution in [2.75, 3.05) is 11.9 Å². The second-order valence-electron chi connectivity index (χ2n) is 4.71. The van der Waals surface area contributed by atoms with Gasteiger partial charge in [-0.2, -0.15) is 0 Å². The molecule has 0 radical (unpaired) electrons. The summed E-state index contributed by atoms with van der Waals surface area (Å²) < 4.78 is 6.73. The van der Waals surface area contributed by atoms with Gasteiger partial charge in [-0.3, -0.25) is 0 Å². The zero-order valence-corrected chi connectivity index (χ0v) is 11.5. The van der Waals surface area contributed by atoms with E-state index in [9.17, 15) is 0 Å². The van der Waals surface area contributed by atoms with Crippen LogP contribution in [0.4, 0.5) is 5.82 Å². The molecular formula is C13H17N3OS. The molecule has 5 heteroatoms. The Balaban J connectivity index is 1.72. The number of anilines is 1. The average molecular weight is 263 g/mol. The van der Waals surface area contributed by atoms with Crippen LogP contribution in [0, 0.1) is 6.92 Å². The molecule has 2 aromatic rings. The number of rotatable bonds is 4. The zero-order chi connectivity index (χ0) is 12.5. The summed E-state index contributed by atoms with van der Waals surface area (Å²) in [7, 11) is 0. The third-order valence-corrected chi connectivity index (χ3v) is 4.46. The third-order valence-electron chi connectivity index (χ3n) is 3.37. The summed E-state index contributed by atoms with van der Waals surface area (Å²) in [5.74, 6) is 0.970. The fourth-order valence-corrected chi connectivity index (χ4v) is 3.28. The Bertz CT molecular complexity index is 548. The molecule has 0 bridgehead atoms. The standard InChI is InChI=1S/C13H17N3OS/c1-3-17-10-4-9(5-10)16-13-12-11(14-7-15-13)8(2)6-18-12/h6-7,9-10H,3-5H2,1-2H3,(H,14,15,16). The lowest BCUT2D eigenvalue weighted by Crippen LogP contribution is -2.41. The second kappa shape index (κ2) is 4.82. The van der Waals surface area contributed by atoms with Crippen molar-refractivity contribution in [3.05, 3.63) is 17.3 Å².